The van der Waals surface area contributed by atoms with Crippen molar-refractivity contribution < 1.29 is 9.47 Å². The quantitative estimate of drug-likeness (QED) is 0.516. The van der Waals surface area contributed by atoms with Gasteiger partial charge < -0.3 is 9.47 Å². The normalized spacial score (nSPS) is 11.1. The molecule has 0 aliphatic rings. The molecule has 0 spiro atoms. The summed E-state index contributed by atoms with van der Waals surface area (Å²) in [7, 11) is 3.28. The zero-order chi connectivity index (χ0) is 17.2. The SMILES string of the molecule is COc1ccc(CCc2nnc3sc(-c4cccs4)nn23)cc1OC. The average Bonchev–Trinajstić information content (AvgIpc) is 3.36. The Balaban J connectivity index is 1.55. The van der Waals surface area contributed by atoms with Crippen molar-refractivity contribution >= 4 is 27.6 Å². The molecule has 0 saturated heterocycles. The highest BCUT2D eigenvalue weighted by Gasteiger charge is 2.14. The van der Waals surface area contributed by atoms with Gasteiger partial charge in [-0.25, -0.2) is 0 Å². The number of fused-ring (bicyclic) bond motifs is 1. The van der Waals surface area contributed by atoms with Gasteiger partial charge in [0, 0.05) is 6.42 Å². The number of thiophene rings is 1. The molecule has 0 atom stereocenters. The van der Waals surface area contributed by atoms with Gasteiger partial charge in [-0.3, -0.25) is 0 Å². The zero-order valence-electron chi connectivity index (χ0n) is 13.8. The fourth-order valence-electron chi connectivity index (χ4n) is 2.61. The van der Waals surface area contributed by atoms with E-state index in [9.17, 15) is 0 Å². The van der Waals surface area contributed by atoms with Gasteiger partial charge >= 0.3 is 0 Å². The third-order valence-electron chi connectivity index (χ3n) is 3.87. The number of benzene rings is 1. The summed E-state index contributed by atoms with van der Waals surface area (Å²) >= 11 is 3.24. The summed E-state index contributed by atoms with van der Waals surface area (Å²) in [5, 5.41) is 16.2. The molecule has 128 valence electrons. The maximum Gasteiger partial charge on any atom is 0.235 e. The second kappa shape index (κ2) is 6.81. The number of aromatic nitrogens is 4. The lowest BCUT2D eigenvalue weighted by molar-refractivity contribution is 0.354. The van der Waals surface area contributed by atoms with Crippen LogP contribution in [0.1, 0.15) is 11.4 Å². The molecule has 25 heavy (non-hydrogen) atoms. The van der Waals surface area contributed by atoms with Gasteiger partial charge in [-0.15, -0.1) is 21.5 Å². The van der Waals surface area contributed by atoms with E-state index >= 15 is 0 Å². The van der Waals surface area contributed by atoms with Gasteiger partial charge in [-0.1, -0.05) is 23.5 Å². The smallest absolute Gasteiger partial charge is 0.235 e. The molecular weight excluding hydrogens is 356 g/mol. The van der Waals surface area contributed by atoms with E-state index < -0.39 is 0 Å². The molecule has 3 aromatic heterocycles. The van der Waals surface area contributed by atoms with Gasteiger partial charge in [0.2, 0.25) is 4.96 Å². The number of methoxy groups -OCH3 is 2. The van der Waals surface area contributed by atoms with Crippen molar-refractivity contribution in [3.63, 3.8) is 0 Å². The van der Waals surface area contributed by atoms with Crippen LogP contribution in [0, 0.1) is 0 Å². The summed E-state index contributed by atoms with van der Waals surface area (Å²) in [5.41, 5.74) is 1.16. The Morgan fingerprint density at radius 3 is 2.68 bits per heavy atom. The van der Waals surface area contributed by atoms with Crippen molar-refractivity contribution in [2.24, 2.45) is 0 Å². The first-order valence-corrected chi connectivity index (χ1v) is 9.44. The Hall–Kier alpha value is -2.45. The van der Waals surface area contributed by atoms with Crippen LogP contribution in [0.4, 0.5) is 0 Å². The molecule has 3 heterocycles. The lowest BCUT2D eigenvalue weighted by Gasteiger charge is -2.09. The van der Waals surface area contributed by atoms with Gasteiger partial charge in [0.05, 0.1) is 19.1 Å². The summed E-state index contributed by atoms with van der Waals surface area (Å²) in [6.07, 6.45) is 1.58. The molecule has 0 radical (unpaired) electrons. The predicted octanol–water partition coefficient (Wildman–Crippen LogP) is 3.72. The van der Waals surface area contributed by atoms with E-state index in [2.05, 4.69) is 26.7 Å². The van der Waals surface area contributed by atoms with Crippen LogP contribution in [-0.2, 0) is 12.8 Å². The Morgan fingerprint density at radius 2 is 1.92 bits per heavy atom. The summed E-state index contributed by atoms with van der Waals surface area (Å²) in [4.78, 5) is 1.98. The number of hydrogen-bond donors (Lipinski definition) is 0. The van der Waals surface area contributed by atoms with E-state index in [1.54, 1.807) is 36.9 Å². The predicted molar refractivity (Wildman–Crippen MR) is 98.9 cm³/mol. The highest BCUT2D eigenvalue weighted by molar-refractivity contribution is 7.23. The maximum absolute atomic E-state index is 5.36. The molecule has 0 amide bonds. The van der Waals surface area contributed by atoms with Crippen molar-refractivity contribution in [2.45, 2.75) is 12.8 Å². The van der Waals surface area contributed by atoms with Crippen LogP contribution in [0.5, 0.6) is 11.5 Å². The zero-order valence-corrected chi connectivity index (χ0v) is 15.4. The molecule has 0 unspecified atom stereocenters. The first-order chi connectivity index (χ1) is 12.3. The van der Waals surface area contributed by atoms with Crippen molar-refractivity contribution in [3.05, 3.63) is 47.1 Å². The summed E-state index contributed by atoms with van der Waals surface area (Å²) in [6.45, 7) is 0. The number of nitrogens with zero attached hydrogens (tertiary/aromatic N) is 4. The van der Waals surface area contributed by atoms with Crippen LogP contribution in [0.2, 0.25) is 0 Å². The van der Waals surface area contributed by atoms with Crippen LogP contribution < -0.4 is 9.47 Å². The minimum absolute atomic E-state index is 0.733. The minimum atomic E-state index is 0.733. The lowest BCUT2D eigenvalue weighted by Crippen LogP contribution is -2.00. The highest BCUT2D eigenvalue weighted by Crippen LogP contribution is 2.30. The van der Waals surface area contributed by atoms with E-state index in [1.165, 1.54) is 0 Å². The topological polar surface area (TPSA) is 61.5 Å². The Labute approximate surface area is 152 Å². The Kier molecular flexibility index (Phi) is 4.37. The standard InChI is InChI=1S/C17H16N4O2S2/c1-22-12-7-5-11(10-13(12)23-2)6-8-15-18-19-17-21(15)20-16(25-17)14-4-3-9-24-14/h3-5,7,9-10H,6,8H2,1-2H3. The molecule has 6 nitrogen and oxygen atoms in total. The van der Waals surface area contributed by atoms with Crippen molar-refractivity contribution in [2.75, 3.05) is 14.2 Å². The summed E-state index contributed by atoms with van der Waals surface area (Å²) in [6, 6.07) is 10.1. The van der Waals surface area contributed by atoms with E-state index in [1.807, 2.05) is 28.8 Å². The molecule has 4 rings (SSSR count). The minimum Gasteiger partial charge on any atom is -0.493 e. The fraction of sp³-hybridized carbons (Fsp3) is 0.235. The van der Waals surface area contributed by atoms with Crippen molar-refractivity contribution in [1.29, 1.82) is 0 Å². The van der Waals surface area contributed by atoms with Gasteiger partial charge in [0.1, 0.15) is 0 Å². The number of aryl methyl sites for hydroxylation is 2. The Bertz CT molecular complexity index is 992. The molecule has 0 saturated carbocycles. The van der Waals surface area contributed by atoms with E-state index in [-0.39, 0.29) is 0 Å². The largest absolute Gasteiger partial charge is 0.493 e. The molecule has 0 aliphatic heterocycles. The van der Waals surface area contributed by atoms with Crippen molar-refractivity contribution in [1.82, 2.24) is 19.8 Å². The second-order valence-electron chi connectivity index (χ2n) is 5.38. The number of rotatable bonds is 6. The molecule has 0 bridgehead atoms. The van der Waals surface area contributed by atoms with E-state index in [0.717, 1.165) is 50.6 Å². The molecule has 0 N–H and O–H groups in total. The van der Waals surface area contributed by atoms with Crippen LogP contribution in [0.3, 0.4) is 0 Å². The monoisotopic (exact) mass is 372 g/mol. The van der Waals surface area contributed by atoms with Gasteiger partial charge in [-0.2, -0.15) is 9.61 Å². The highest BCUT2D eigenvalue weighted by atomic mass is 32.1. The molecule has 0 fully saturated rings. The van der Waals surface area contributed by atoms with E-state index in [0.29, 0.717) is 0 Å². The van der Waals surface area contributed by atoms with Crippen LogP contribution in [0.25, 0.3) is 14.8 Å². The van der Waals surface area contributed by atoms with Crippen LogP contribution in [0.15, 0.2) is 35.7 Å². The molecular formula is C17H16N4O2S2. The van der Waals surface area contributed by atoms with Gasteiger partial charge in [0.15, 0.2) is 22.3 Å². The molecule has 1 aromatic carbocycles. The van der Waals surface area contributed by atoms with Gasteiger partial charge in [0.25, 0.3) is 0 Å². The lowest BCUT2D eigenvalue weighted by atomic mass is 10.1. The molecule has 8 heteroatoms. The number of hydrogen-bond acceptors (Lipinski definition) is 7. The third kappa shape index (κ3) is 3.10. The van der Waals surface area contributed by atoms with Gasteiger partial charge in [-0.05, 0) is 35.6 Å². The summed E-state index contributed by atoms with van der Waals surface area (Å²) < 4.78 is 12.5. The van der Waals surface area contributed by atoms with Crippen LogP contribution in [-0.4, -0.2) is 34.0 Å². The first kappa shape index (κ1) is 16.0. The first-order valence-electron chi connectivity index (χ1n) is 7.74. The Morgan fingerprint density at radius 1 is 1.04 bits per heavy atom. The molecule has 4 aromatic rings. The molecule has 0 aliphatic carbocycles. The fourth-order valence-corrected chi connectivity index (χ4v) is 4.26. The van der Waals surface area contributed by atoms with E-state index in [4.69, 9.17) is 9.47 Å². The second-order valence-corrected chi connectivity index (χ2v) is 7.29. The average molecular weight is 372 g/mol. The number of ether oxygens (including phenoxy) is 2. The third-order valence-corrected chi connectivity index (χ3v) is 5.81. The summed E-state index contributed by atoms with van der Waals surface area (Å²) in [5.74, 6) is 2.33. The maximum atomic E-state index is 5.36. The van der Waals surface area contributed by atoms with Crippen LogP contribution >= 0.6 is 22.7 Å². The van der Waals surface area contributed by atoms with Crippen molar-refractivity contribution in [3.8, 4) is 21.4 Å².